The van der Waals surface area contributed by atoms with Gasteiger partial charge in [0.15, 0.2) is 5.69 Å². The van der Waals surface area contributed by atoms with Crippen molar-refractivity contribution in [3.8, 4) is 11.8 Å². The molecule has 0 atom stereocenters. The first kappa shape index (κ1) is 16.4. The molecule has 0 bridgehead atoms. The van der Waals surface area contributed by atoms with E-state index in [9.17, 15) is 4.79 Å². The van der Waals surface area contributed by atoms with Crippen LogP contribution in [0.2, 0.25) is 0 Å². The third-order valence-corrected chi connectivity index (χ3v) is 3.31. The average molecular weight is 282 g/mol. The minimum absolute atomic E-state index is 0.153. The highest BCUT2D eigenvalue weighted by molar-refractivity contribution is 6.02. The van der Waals surface area contributed by atoms with Crippen LogP contribution in [0.1, 0.15) is 44.1 Å². The van der Waals surface area contributed by atoms with E-state index in [-0.39, 0.29) is 17.4 Å². The fourth-order valence-corrected chi connectivity index (χ4v) is 2.09. The Morgan fingerprint density at radius 2 is 1.85 bits per heavy atom. The van der Waals surface area contributed by atoms with Crippen LogP contribution in [0, 0.1) is 0 Å². The van der Waals surface area contributed by atoms with Crippen LogP contribution in [0.5, 0.6) is 11.8 Å². The van der Waals surface area contributed by atoms with Gasteiger partial charge in [-0.15, -0.1) is 0 Å². The van der Waals surface area contributed by atoms with Crippen LogP contribution in [-0.2, 0) is 4.74 Å². The number of carbonyl (C=O) groups is 1. The van der Waals surface area contributed by atoms with Gasteiger partial charge in [-0.25, -0.2) is 4.98 Å². The monoisotopic (exact) mass is 282 g/mol. The van der Waals surface area contributed by atoms with E-state index in [1.54, 1.807) is 0 Å². The van der Waals surface area contributed by atoms with Crippen LogP contribution in [0.3, 0.4) is 0 Å². The maximum absolute atomic E-state index is 12.7. The minimum atomic E-state index is -0.884. The number of Topliss-reactive ketones (excluding diaryl/α,β-unsaturated/α-hetero) is 1. The molecule has 0 unspecified atom stereocenters. The Labute approximate surface area is 119 Å². The van der Waals surface area contributed by atoms with Gasteiger partial charge in [-0.3, -0.25) is 4.79 Å². The molecule has 0 amide bonds. The topological polar surface area (TPSA) is 70.5 Å². The second-order valence-electron chi connectivity index (χ2n) is 4.23. The smallest absolute Gasteiger partial charge is 0.246 e. The summed E-state index contributed by atoms with van der Waals surface area (Å²) in [6.45, 7) is 6.16. The van der Waals surface area contributed by atoms with E-state index in [1.165, 1.54) is 20.4 Å². The van der Waals surface area contributed by atoms with E-state index in [0.717, 1.165) is 0 Å². The Balaban J connectivity index is 3.24. The molecule has 0 fully saturated rings. The third-order valence-electron chi connectivity index (χ3n) is 3.31. The predicted octanol–water partition coefficient (Wildman–Crippen LogP) is 2.27. The van der Waals surface area contributed by atoms with Crippen LogP contribution in [0.15, 0.2) is 6.20 Å². The van der Waals surface area contributed by atoms with Crippen LogP contribution < -0.4 is 9.47 Å². The molecule has 0 N–H and O–H groups in total. The molecule has 0 saturated heterocycles. The number of carbonyl (C=O) groups excluding carboxylic acids is 1. The molecular weight excluding hydrogens is 260 g/mol. The Bertz CT molecular complexity index is 458. The Morgan fingerprint density at radius 3 is 2.30 bits per heavy atom. The SMILES string of the molecule is CCOC(CC)(CC)C(=O)c1ncc(OC)nc1OC. The van der Waals surface area contributed by atoms with Gasteiger partial charge in [0, 0.05) is 6.61 Å². The summed E-state index contributed by atoms with van der Waals surface area (Å²) in [4.78, 5) is 21.0. The summed E-state index contributed by atoms with van der Waals surface area (Å²) in [6, 6.07) is 0. The highest BCUT2D eigenvalue weighted by atomic mass is 16.5. The maximum atomic E-state index is 12.7. The second kappa shape index (κ2) is 7.19. The van der Waals surface area contributed by atoms with E-state index in [0.29, 0.717) is 25.3 Å². The van der Waals surface area contributed by atoms with Crippen molar-refractivity contribution in [2.45, 2.75) is 39.2 Å². The summed E-state index contributed by atoms with van der Waals surface area (Å²) in [5.41, 5.74) is -0.712. The summed E-state index contributed by atoms with van der Waals surface area (Å²) < 4.78 is 15.8. The quantitative estimate of drug-likeness (QED) is 0.681. The molecule has 0 aliphatic heterocycles. The van der Waals surface area contributed by atoms with Gasteiger partial charge < -0.3 is 14.2 Å². The lowest BCUT2D eigenvalue weighted by atomic mass is 9.90. The summed E-state index contributed by atoms with van der Waals surface area (Å²) in [7, 11) is 2.92. The molecule has 0 aliphatic carbocycles. The molecule has 20 heavy (non-hydrogen) atoms. The van der Waals surface area contributed by atoms with Crippen molar-refractivity contribution in [2.24, 2.45) is 0 Å². The molecular formula is C14H22N2O4. The molecule has 0 radical (unpaired) electrons. The van der Waals surface area contributed by atoms with Crippen molar-refractivity contribution in [1.29, 1.82) is 0 Å². The molecule has 1 heterocycles. The van der Waals surface area contributed by atoms with E-state index < -0.39 is 5.60 Å². The maximum Gasteiger partial charge on any atom is 0.246 e. The van der Waals surface area contributed by atoms with E-state index in [2.05, 4.69) is 9.97 Å². The largest absolute Gasteiger partial charge is 0.480 e. The highest BCUT2D eigenvalue weighted by Gasteiger charge is 2.39. The molecule has 6 heteroatoms. The van der Waals surface area contributed by atoms with E-state index in [4.69, 9.17) is 14.2 Å². The zero-order chi connectivity index (χ0) is 15.2. The lowest BCUT2D eigenvalue weighted by Gasteiger charge is -2.29. The molecule has 1 aromatic heterocycles. The fraction of sp³-hybridized carbons (Fsp3) is 0.643. The summed E-state index contributed by atoms with van der Waals surface area (Å²) in [6.07, 6.45) is 2.53. The van der Waals surface area contributed by atoms with E-state index in [1.807, 2.05) is 20.8 Å². The number of ether oxygens (including phenoxy) is 3. The average Bonchev–Trinajstić information content (AvgIpc) is 2.51. The first-order valence-corrected chi connectivity index (χ1v) is 6.72. The molecule has 0 saturated carbocycles. The van der Waals surface area contributed by atoms with Gasteiger partial charge in [-0.2, -0.15) is 4.98 Å². The summed E-state index contributed by atoms with van der Waals surface area (Å²) in [5.74, 6) is 0.241. The summed E-state index contributed by atoms with van der Waals surface area (Å²) >= 11 is 0. The van der Waals surface area contributed by atoms with E-state index >= 15 is 0 Å². The lowest BCUT2D eigenvalue weighted by Crippen LogP contribution is -2.41. The zero-order valence-corrected chi connectivity index (χ0v) is 12.7. The lowest BCUT2D eigenvalue weighted by molar-refractivity contribution is -0.0256. The number of hydrogen-bond acceptors (Lipinski definition) is 6. The number of hydrogen-bond donors (Lipinski definition) is 0. The van der Waals surface area contributed by atoms with Crippen LogP contribution in [0.4, 0.5) is 0 Å². The van der Waals surface area contributed by atoms with Crippen LogP contribution in [-0.4, -0.2) is 42.2 Å². The third kappa shape index (κ3) is 3.07. The zero-order valence-electron chi connectivity index (χ0n) is 12.7. The number of rotatable bonds is 8. The van der Waals surface area contributed by atoms with Gasteiger partial charge in [0.1, 0.15) is 5.60 Å². The second-order valence-corrected chi connectivity index (χ2v) is 4.23. The number of methoxy groups -OCH3 is 2. The molecule has 0 aliphatic rings. The van der Waals surface area contributed by atoms with Crippen molar-refractivity contribution < 1.29 is 19.0 Å². The molecule has 0 aromatic carbocycles. The highest BCUT2D eigenvalue weighted by Crippen LogP contribution is 2.29. The number of ketones is 1. The van der Waals surface area contributed by atoms with Gasteiger partial charge in [0.2, 0.25) is 17.5 Å². The first-order valence-electron chi connectivity index (χ1n) is 6.72. The normalized spacial score (nSPS) is 11.2. The standard InChI is InChI=1S/C14H22N2O4/c1-6-14(7-2,20-8-3)12(17)11-13(19-5)16-10(18-4)9-15-11/h9H,6-8H2,1-5H3. The van der Waals surface area contributed by atoms with Crippen molar-refractivity contribution in [2.75, 3.05) is 20.8 Å². The van der Waals surface area contributed by atoms with Gasteiger partial charge >= 0.3 is 0 Å². The number of nitrogens with zero attached hydrogens (tertiary/aromatic N) is 2. The molecule has 0 spiro atoms. The molecule has 1 aromatic rings. The first-order chi connectivity index (χ1) is 9.58. The van der Waals surface area contributed by atoms with Crippen molar-refractivity contribution >= 4 is 5.78 Å². The van der Waals surface area contributed by atoms with Gasteiger partial charge in [-0.05, 0) is 19.8 Å². The van der Waals surface area contributed by atoms with Crippen LogP contribution >= 0.6 is 0 Å². The van der Waals surface area contributed by atoms with Crippen molar-refractivity contribution in [1.82, 2.24) is 9.97 Å². The Morgan fingerprint density at radius 1 is 1.20 bits per heavy atom. The van der Waals surface area contributed by atoms with Gasteiger partial charge in [0.05, 0.1) is 20.4 Å². The van der Waals surface area contributed by atoms with Gasteiger partial charge in [0.25, 0.3) is 0 Å². The Kier molecular flexibility index (Phi) is 5.88. The van der Waals surface area contributed by atoms with Crippen molar-refractivity contribution in [3.63, 3.8) is 0 Å². The molecule has 6 nitrogen and oxygen atoms in total. The van der Waals surface area contributed by atoms with Crippen molar-refractivity contribution in [3.05, 3.63) is 11.9 Å². The summed E-state index contributed by atoms with van der Waals surface area (Å²) in [5, 5.41) is 0. The molecule has 112 valence electrons. The predicted molar refractivity (Wildman–Crippen MR) is 74.4 cm³/mol. The number of aromatic nitrogens is 2. The Hall–Kier alpha value is -1.69. The minimum Gasteiger partial charge on any atom is -0.480 e. The fourth-order valence-electron chi connectivity index (χ4n) is 2.09. The van der Waals surface area contributed by atoms with Gasteiger partial charge in [-0.1, -0.05) is 13.8 Å². The van der Waals surface area contributed by atoms with Crippen LogP contribution in [0.25, 0.3) is 0 Å². The molecule has 1 rings (SSSR count).